The molecule has 1 fully saturated rings. The third-order valence-electron chi connectivity index (χ3n) is 4.56. The number of carbonyl (C=O) groups excluding carboxylic acids is 1. The van der Waals surface area contributed by atoms with Crippen molar-refractivity contribution < 1.29 is 4.79 Å². The van der Waals surface area contributed by atoms with Crippen molar-refractivity contribution in [1.82, 2.24) is 24.6 Å². The van der Waals surface area contributed by atoms with Crippen LogP contribution in [0, 0.1) is 5.41 Å². The number of carbonyl (C=O) groups is 1. The molecule has 0 N–H and O–H groups in total. The van der Waals surface area contributed by atoms with Crippen LogP contribution >= 0.6 is 0 Å². The predicted molar refractivity (Wildman–Crippen MR) is 96.7 cm³/mol. The van der Waals surface area contributed by atoms with Gasteiger partial charge in [-0.15, -0.1) is 0 Å². The summed E-state index contributed by atoms with van der Waals surface area (Å²) in [5.41, 5.74) is 2.28. The first-order valence-corrected chi connectivity index (χ1v) is 9.07. The van der Waals surface area contributed by atoms with Crippen LogP contribution in [0.5, 0.6) is 0 Å². The molecule has 2 aromatic rings. The number of likely N-dealkylation sites (tertiary alicyclic amines) is 1. The second kappa shape index (κ2) is 6.94. The second-order valence-corrected chi connectivity index (χ2v) is 7.68. The Hall–Kier alpha value is -2.24. The minimum absolute atomic E-state index is 0.0155. The van der Waals surface area contributed by atoms with Crippen molar-refractivity contribution in [2.45, 2.75) is 59.5 Å². The SMILES string of the molecule is CCCn1nccc1-c1cncc([C@H]2CCCN2C(=O)C(C)(C)C)n1. The number of rotatable bonds is 4. The Bertz CT molecular complexity index is 746. The van der Waals surface area contributed by atoms with Gasteiger partial charge < -0.3 is 4.90 Å². The Morgan fingerprint density at radius 1 is 1.32 bits per heavy atom. The van der Waals surface area contributed by atoms with Crippen molar-refractivity contribution in [1.29, 1.82) is 0 Å². The van der Waals surface area contributed by atoms with Crippen molar-refractivity contribution in [3.05, 3.63) is 30.4 Å². The Kier molecular flexibility index (Phi) is 4.88. The van der Waals surface area contributed by atoms with Crippen molar-refractivity contribution in [2.24, 2.45) is 5.41 Å². The summed E-state index contributed by atoms with van der Waals surface area (Å²) >= 11 is 0. The lowest BCUT2D eigenvalue weighted by Crippen LogP contribution is -2.39. The molecule has 1 aliphatic rings. The maximum Gasteiger partial charge on any atom is 0.228 e. The first kappa shape index (κ1) is 17.6. The van der Waals surface area contributed by atoms with E-state index in [2.05, 4.69) is 17.0 Å². The normalized spacial score (nSPS) is 17.9. The zero-order chi connectivity index (χ0) is 18.0. The van der Waals surface area contributed by atoms with Gasteiger partial charge in [0.1, 0.15) is 5.69 Å². The first-order valence-electron chi connectivity index (χ1n) is 9.07. The number of hydrogen-bond acceptors (Lipinski definition) is 4. The molecule has 6 heteroatoms. The summed E-state index contributed by atoms with van der Waals surface area (Å²) in [6.45, 7) is 9.68. The molecule has 2 aromatic heterocycles. The summed E-state index contributed by atoms with van der Waals surface area (Å²) in [7, 11) is 0. The fourth-order valence-corrected chi connectivity index (χ4v) is 3.35. The summed E-state index contributed by atoms with van der Waals surface area (Å²) in [4.78, 5) is 24.0. The van der Waals surface area contributed by atoms with E-state index in [-0.39, 0.29) is 17.4 Å². The van der Waals surface area contributed by atoms with Gasteiger partial charge in [0.15, 0.2) is 0 Å². The molecule has 1 saturated heterocycles. The van der Waals surface area contributed by atoms with Crippen LogP contribution in [0.25, 0.3) is 11.4 Å². The Balaban J connectivity index is 1.91. The molecule has 6 nitrogen and oxygen atoms in total. The average molecular weight is 341 g/mol. The zero-order valence-corrected chi connectivity index (χ0v) is 15.6. The number of nitrogens with zero attached hydrogens (tertiary/aromatic N) is 5. The van der Waals surface area contributed by atoms with Crippen LogP contribution in [0.15, 0.2) is 24.7 Å². The van der Waals surface area contributed by atoms with E-state index in [4.69, 9.17) is 4.98 Å². The number of aryl methyl sites for hydroxylation is 1. The van der Waals surface area contributed by atoms with Gasteiger partial charge in [0.2, 0.25) is 5.91 Å². The van der Waals surface area contributed by atoms with Crippen molar-refractivity contribution in [3.63, 3.8) is 0 Å². The fourth-order valence-electron chi connectivity index (χ4n) is 3.35. The molecular formula is C19H27N5O. The standard InChI is InChI=1S/C19H27N5O/c1-5-10-24-17(8-9-21-24)15-13-20-12-14(22-15)16-7-6-11-23(16)18(25)19(2,3)4/h8-9,12-13,16H,5-7,10-11H2,1-4H3/t16-/m1/s1. The minimum atomic E-state index is -0.382. The fraction of sp³-hybridized carbons (Fsp3) is 0.579. The lowest BCUT2D eigenvalue weighted by atomic mass is 9.94. The highest BCUT2D eigenvalue weighted by molar-refractivity contribution is 5.82. The molecule has 1 amide bonds. The van der Waals surface area contributed by atoms with E-state index < -0.39 is 0 Å². The molecule has 0 saturated carbocycles. The van der Waals surface area contributed by atoms with Crippen LogP contribution in [0.1, 0.15) is 58.7 Å². The van der Waals surface area contributed by atoms with Gasteiger partial charge in [0.25, 0.3) is 0 Å². The van der Waals surface area contributed by atoms with Crippen molar-refractivity contribution >= 4 is 5.91 Å². The highest BCUT2D eigenvalue weighted by Gasteiger charge is 2.36. The summed E-state index contributed by atoms with van der Waals surface area (Å²) in [6, 6.07) is 1.98. The van der Waals surface area contributed by atoms with Gasteiger partial charge in [0.05, 0.1) is 29.8 Å². The van der Waals surface area contributed by atoms with Crippen LogP contribution < -0.4 is 0 Å². The van der Waals surface area contributed by atoms with Gasteiger partial charge in [-0.1, -0.05) is 27.7 Å². The molecule has 25 heavy (non-hydrogen) atoms. The summed E-state index contributed by atoms with van der Waals surface area (Å²) in [5, 5.41) is 4.37. The third kappa shape index (κ3) is 3.57. The lowest BCUT2D eigenvalue weighted by Gasteiger charge is -2.30. The molecule has 0 aromatic carbocycles. The van der Waals surface area contributed by atoms with Crippen molar-refractivity contribution in [3.8, 4) is 11.4 Å². The van der Waals surface area contributed by atoms with Gasteiger partial charge in [-0.05, 0) is 25.3 Å². The van der Waals surface area contributed by atoms with Crippen molar-refractivity contribution in [2.75, 3.05) is 6.54 Å². The largest absolute Gasteiger partial charge is 0.334 e. The zero-order valence-electron chi connectivity index (χ0n) is 15.6. The molecule has 0 bridgehead atoms. The molecule has 0 spiro atoms. The first-order chi connectivity index (χ1) is 11.9. The Morgan fingerprint density at radius 3 is 2.84 bits per heavy atom. The summed E-state index contributed by atoms with van der Waals surface area (Å²) in [6.07, 6.45) is 8.32. The van der Waals surface area contributed by atoms with Gasteiger partial charge >= 0.3 is 0 Å². The van der Waals surface area contributed by atoms with Crippen LogP contribution in [-0.2, 0) is 11.3 Å². The molecule has 0 unspecified atom stereocenters. The van der Waals surface area contributed by atoms with Crippen LogP contribution in [0.2, 0.25) is 0 Å². The third-order valence-corrected chi connectivity index (χ3v) is 4.56. The lowest BCUT2D eigenvalue weighted by molar-refractivity contribution is -0.140. The monoisotopic (exact) mass is 341 g/mol. The second-order valence-electron chi connectivity index (χ2n) is 7.68. The Labute approximate surface area is 149 Å². The van der Waals surface area contributed by atoms with E-state index in [1.54, 1.807) is 18.6 Å². The highest BCUT2D eigenvalue weighted by atomic mass is 16.2. The highest BCUT2D eigenvalue weighted by Crippen LogP contribution is 2.34. The molecule has 0 aliphatic carbocycles. The molecular weight excluding hydrogens is 314 g/mol. The maximum atomic E-state index is 12.8. The van der Waals surface area contributed by atoms with E-state index in [0.29, 0.717) is 0 Å². The predicted octanol–water partition coefficient (Wildman–Crippen LogP) is 3.46. The molecule has 134 valence electrons. The summed E-state index contributed by atoms with van der Waals surface area (Å²) < 4.78 is 1.96. The maximum absolute atomic E-state index is 12.8. The van der Waals surface area contributed by atoms with E-state index in [0.717, 1.165) is 49.4 Å². The Morgan fingerprint density at radius 2 is 2.12 bits per heavy atom. The smallest absolute Gasteiger partial charge is 0.228 e. The van der Waals surface area contributed by atoms with Crippen LogP contribution in [0.3, 0.4) is 0 Å². The van der Waals surface area contributed by atoms with E-state index >= 15 is 0 Å². The van der Waals surface area contributed by atoms with Crippen LogP contribution in [-0.4, -0.2) is 37.1 Å². The molecule has 1 aliphatic heterocycles. The molecule has 3 rings (SSSR count). The van der Waals surface area contributed by atoms with Gasteiger partial charge in [-0.2, -0.15) is 5.10 Å². The molecule has 3 heterocycles. The van der Waals surface area contributed by atoms with E-state index in [1.807, 2.05) is 36.4 Å². The number of aromatic nitrogens is 4. The van der Waals surface area contributed by atoms with Gasteiger partial charge in [-0.3, -0.25) is 14.5 Å². The number of hydrogen-bond donors (Lipinski definition) is 0. The van der Waals surface area contributed by atoms with Crippen LogP contribution in [0.4, 0.5) is 0 Å². The average Bonchev–Trinajstić information content (AvgIpc) is 3.23. The molecule has 0 radical (unpaired) electrons. The van der Waals surface area contributed by atoms with Gasteiger partial charge in [0, 0.05) is 24.7 Å². The summed E-state index contributed by atoms with van der Waals surface area (Å²) in [5.74, 6) is 0.179. The quantitative estimate of drug-likeness (QED) is 0.854. The topological polar surface area (TPSA) is 63.9 Å². The molecule has 1 atom stereocenters. The van der Waals surface area contributed by atoms with Gasteiger partial charge in [-0.25, -0.2) is 4.98 Å². The number of amides is 1. The minimum Gasteiger partial charge on any atom is -0.334 e. The van der Waals surface area contributed by atoms with E-state index in [9.17, 15) is 4.79 Å². The van der Waals surface area contributed by atoms with E-state index in [1.165, 1.54) is 0 Å².